The first kappa shape index (κ1) is 30.5. The van der Waals surface area contributed by atoms with Crippen LogP contribution in [0.1, 0.15) is 13.8 Å². The van der Waals surface area contributed by atoms with E-state index in [0.717, 1.165) is 6.92 Å². The van der Waals surface area contributed by atoms with Crippen LogP contribution in [-0.2, 0) is 33.2 Å². The molecule has 0 unspecified atom stereocenters. The Bertz CT molecular complexity index is 747. The van der Waals surface area contributed by atoms with Crippen molar-refractivity contribution in [3.05, 3.63) is 0 Å². The van der Waals surface area contributed by atoms with E-state index in [0.29, 0.717) is 0 Å². The molecule has 0 spiro atoms. The van der Waals surface area contributed by atoms with Gasteiger partial charge in [0.25, 0.3) is 0 Å². The van der Waals surface area contributed by atoms with Crippen molar-refractivity contribution in [3.63, 3.8) is 0 Å². The molecule has 0 radical (unpaired) electrons. The van der Waals surface area contributed by atoms with Gasteiger partial charge < -0.3 is 74.6 Å². The number of hydrogen-bond acceptors (Lipinski definition) is 15. The molecule has 3 fully saturated rings. The zero-order valence-corrected chi connectivity index (χ0v) is 20.5. The SMILES string of the molecule is CO[C@H]1[C@H](O[C@@H]2[C@@H](NC(C)=O)[C@H](O)O[C@H](CO)[C@H]2O[C@@H]2O[C@@H](C)[C@@H](O)[C@@H](O)[C@@H]2O)O[C@H](CO)[C@H](O)[C@@H]1O. The van der Waals surface area contributed by atoms with E-state index in [2.05, 4.69) is 5.32 Å². The second kappa shape index (κ2) is 12.8. The quantitative estimate of drug-likeness (QED) is 0.138. The fourth-order valence-corrected chi connectivity index (χ4v) is 4.63. The topological polar surface area (TPSA) is 246 Å². The summed E-state index contributed by atoms with van der Waals surface area (Å²) in [6, 6.07) is -1.36. The third-order valence-electron chi connectivity index (χ3n) is 6.70. The maximum Gasteiger partial charge on any atom is 0.217 e. The van der Waals surface area contributed by atoms with Gasteiger partial charge in [0.1, 0.15) is 67.1 Å². The molecule has 37 heavy (non-hydrogen) atoms. The molecule has 1 amide bonds. The molecule has 0 aromatic heterocycles. The first-order valence-corrected chi connectivity index (χ1v) is 11.8. The van der Waals surface area contributed by atoms with Crippen LogP contribution in [0.15, 0.2) is 0 Å². The maximum absolute atomic E-state index is 11.9. The molecule has 16 heteroatoms. The molecular weight excluding hydrogens is 506 g/mol. The van der Waals surface area contributed by atoms with Crippen LogP contribution in [0.2, 0.25) is 0 Å². The Morgan fingerprint density at radius 1 is 0.757 bits per heavy atom. The van der Waals surface area contributed by atoms with Crippen molar-refractivity contribution >= 4 is 5.91 Å². The van der Waals surface area contributed by atoms with Crippen molar-refractivity contribution in [3.8, 4) is 0 Å². The lowest BCUT2D eigenvalue weighted by Crippen LogP contribution is -2.69. The van der Waals surface area contributed by atoms with Gasteiger partial charge in [-0.05, 0) is 6.92 Å². The predicted octanol–water partition coefficient (Wildman–Crippen LogP) is -5.75. The molecule has 0 bridgehead atoms. The van der Waals surface area contributed by atoms with Gasteiger partial charge in [-0.3, -0.25) is 4.79 Å². The summed E-state index contributed by atoms with van der Waals surface area (Å²) in [6.07, 6.45) is -20.5. The number of amides is 1. The summed E-state index contributed by atoms with van der Waals surface area (Å²) >= 11 is 0. The average Bonchev–Trinajstić information content (AvgIpc) is 2.86. The Kier molecular flexibility index (Phi) is 10.6. The van der Waals surface area contributed by atoms with E-state index >= 15 is 0 Å². The van der Waals surface area contributed by atoms with Crippen molar-refractivity contribution in [1.29, 1.82) is 0 Å². The maximum atomic E-state index is 11.9. The predicted molar refractivity (Wildman–Crippen MR) is 116 cm³/mol. The van der Waals surface area contributed by atoms with Crippen LogP contribution in [0, 0.1) is 0 Å². The number of aliphatic hydroxyl groups is 8. The average molecular weight is 544 g/mol. The van der Waals surface area contributed by atoms with E-state index in [9.17, 15) is 45.6 Å². The molecule has 3 heterocycles. The Hall–Kier alpha value is -1.09. The highest BCUT2D eigenvalue weighted by atomic mass is 16.8. The Morgan fingerprint density at radius 2 is 1.38 bits per heavy atom. The Balaban J connectivity index is 1.95. The minimum Gasteiger partial charge on any atom is -0.394 e. The minimum atomic E-state index is -1.74. The molecule has 0 aliphatic carbocycles. The lowest BCUT2D eigenvalue weighted by Gasteiger charge is -2.49. The van der Waals surface area contributed by atoms with Crippen molar-refractivity contribution in [2.45, 2.75) is 106 Å². The van der Waals surface area contributed by atoms with Gasteiger partial charge in [0.15, 0.2) is 18.9 Å². The minimum absolute atomic E-state index is 0.611. The van der Waals surface area contributed by atoms with E-state index in [1.807, 2.05) is 0 Å². The molecule has 15 atom stereocenters. The molecule has 3 saturated heterocycles. The first-order chi connectivity index (χ1) is 17.4. The number of carbonyl (C=O) groups excluding carboxylic acids is 1. The molecule has 3 aliphatic heterocycles. The second-order valence-corrected chi connectivity index (χ2v) is 9.26. The zero-order chi connectivity index (χ0) is 27.6. The fraction of sp³-hybridized carbons (Fsp3) is 0.952. The van der Waals surface area contributed by atoms with E-state index in [1.165, 1.54) is 14.0 Å². The van der Waals surface area contributed by atoms with E-state index in [-0.39, 0.29) is 0 Å². The van der Waals surface area contributed by atoms with Crippen LogP contribution in [0.25, 0.3) is 0 Å². The Labute approximate surface area is 212 Å². The molecule has 0 aromatic carbocycles. The normalized spacial score (nSPS) is 49.0. The standard InChI is InChI=1S/C21H37NO15/c1-6-11(26)13(28)15(30)20(33-6)36-16-9(5-24)34-19(31)10(22-7(2)25)17(16)37-21-18(32-3)14(29)12(27)8(4-23)35-21/h6,8-21,23-24,26-31H,4-5H2,1-3H3,(H,22,25)/t6-,8+,9+,10+,11+,12-,13+,14-,15-,16+,17+,18+,19+,20-,21-/m0/s1. The van der Waals surface area contributed by atoms with Gasteiger partial charge >= 0.3 is 0 Å². The van der Waals surface area contributed by atoms with Crippen LogP contribution < -0.4 is 5.32 Å². The summed E-state index contributed by atoms with van der Waals surface area (Å²) in [7, 11) is 1.20. The molecule has 3 rings (SSSR count). The highest BCUT2D eigenvalue weighted by Gasteiger charge is 2.54. The van der Waals surface area contributed by atoms with E-state index in [4.69, 9.17) is 28.4 Å². The van der Waals surface area contributed by atoms with Crippen molar-refractivity contribution in [2.24, 2.45) is 0 Å². The number of carbonyl (C=O) groups is 1. The number of ether oxygens (including phenoxy) is 6. The van der Waals surface area contributed by atoms with Gasteiger partial charge in [-0.25, -0.2) is 0 Å². The van der Waals surface area contributed by atoms with E-state index in [1.54, 1.807) is 0 Å². The van der Waals surface area contributed by atoms with Gasteiger partial charge in [0, 0.05) is 14.0 Å². The molecule has 3 aliphatic rings. The first-order valence-electron chi connectivity index (χ1n) is 11.8. The summed E-state index contributed by atoms with van der Waals surface area (Å²) in [6.45, 7) is 1.15. The van der Waals surface area contributed by atoms with Crippen molar-refractivity contribution in [1.82, 2.24) is 5.32 Å². The summed E-state index contributed by atoms with van der Waals surface area (Å²) in [5.74, 6) is -0.611. The number of hydrogen-bond donors (Lipinski definition) is 9. The third kappa shape index (κ3) is 6.39. The van der Waals surface area contributed by atoms with Gasteiger partial charge in [-0.15, -0.1) is 0 Å². The van der Waals surface area contributed by atoms with Gasteiger partial charge in [-0.1, -0.05) is 0 Å². The van der Waals surface area contributed by atoms with E-state index < -0.39 is 111 Å². The fourth-order valence-electron chi connectivity index (χ4n) is 4.63. The molecule has 9 N–H and O–H groups in total. The van der Waals surface area contributed by atoms with Crippen LogP contribution in [0.5, 0.6) is 0 Å². The van der Waals surface area contributed by atoms with Gasteiger partial charge in [0.2, 0.25) is 5.91 Å². The highest BCUT2D eigenvalue weighted by Crippen LogP contribution is 2.33. The molecular formula is C21H37NO15. The zero-order valence-electron chi connectivity index (χ0n) is 20.5. The summed E-state index contributed by atoms with van der Waals surface area (Å²) in [5, 5.41) is 83.8. The Morgan fingerprint density at radius 3 is 1.95 bits per heavy atom. The summed E-state index contributed by atoms with van der Waals surface area (Å²) < 4.78 is 33.5. The van der Waals surface area contributed by atoms with Gasteiger partial charge in [-0.2, -0.15) is 0 Å². The van der Waals surface area contributed by atoms with Crippen LogP contribution in [0.3, 0.4) is 0 Å². The smallest absolute Gasteiger partial charge is 0.217 e. The lowest BCUT2D eigenvalue weighted by molar-refractivity contribution is -0.371. The largest absolute Gasteiger partial charge is 0.394 e. The number of nitrogens with one attached hydrogen (secondary N) is 1. The number of aliphatic hydroxyl groups excluding tert-OH is 8. The van der Waals surface area contributed by atoms with Crippen molar-refractivity contribution < 1.29 is 74.1 Å². The number of rotatable bonds is 8. The van der Waals surface area contributed by atoms with Gasteiger partial charge in [0.05, 0.1) is 19.3 Å². The van der Waals surface area contributed by atoms with Crippen LogP contribution in [0.4, 0.5) is 0 Å². The molecule has 16 nitrogen and oxygen atoms in total. The van der Waals surface area contributed by atoms with Crippen LogP contribution in [-0.4, -0.2) is 159 Å². The molecule has 0 saturated carbocycles. The lowest BCUT2D eigenvalue weighted by atomic mass is 9.94. The molecule has 0 aromatic rings. The number of methoxy groups -OCH3 is 1. The third-order valence-corrected chi connectivity index (χ3v) is 6.70. The monoisotopic (exact) mass is 543 g/mol. The summed E-state index contributed by atoms with van der Waals surface area (Å²) in [5.41, 5.74) is 0. The highest BCUT2D eigenvalue weighted by molar-refractivity contribution is 5.73. The van der Waals surface area contributed by atoms with Crippen LogP contribution >= 0.6 is 0 Å². The van der Waals surface area contributed by atoms with Crippen molar-refractivity contribution in [2.75, 3.05) is 20.3 Å². The second-order valence-electron chi connectivity index (χ2n) is 9.26. The molecule has 216 valence electrons. The summed E-state index contributed by atoms with van der Waals surface area (Å²) in [4.78, 5) is 11.9.